The highest BCUT2D eigenvalue weighted by atomic mass is 16.5. The Morgan fingerprint density at radius 3 is 2.68 bits per heavy atom. The van der Waals surface area contributed by atoms with Crippen molar-refractivity contribution in [3.05, 3.63) is 66.0 Å². The minimum absolute atomic E-state index is 0.148. The first-order valence-electron chi connectivity index (χ1n) is 7.16. The Labute approximate surface area is 128 Å². The van der Waals surface area contributed by atoms with Crippen LogP contribution >= 0.6 is 0 Å². The normalized spacial score (nSPS) is 11.1. The third kappa shape index (κ3) is 3.06. The molecular formula is C18H16N2O2. The van der Waals surface area contributed by atoms with E-state index in [2.05, 4.69) is 9.97 Å². The first-order valence-corrected chi connectivity index (χ1v) is 7.16. The number of nitrogens with one attached hydrogen (secondary N) is 1. The van der Waals surface area contributed by atoms with Gasteiger partial charge in [-0.25, -0.2) is 4.98 Å². The maximum absolute atomic E-state index is 12.2. The first kappa shape index (κ1) is 14.1. The van der Waals surface area contributed by atoms with Gasteiger partial charge in [-0.05, 0) is 42.8 Å². The van der Waals surface area contributed by atoms with Gasteiger partial charge in [0.1, 0.15) is 5.75 Å². The monoisotopic (exact) mass is 292 g/mol. The van der Waals surface area contributed by atoms with E-state index in [0.717, 1.165) is 22.3 Å². The summed E-state index contributed by atoms with van der Waals surface area (Å²) < 4.78 is 5.38. The number of nitrogens with zero attached hydrogens (tertiary/aromatic N) is 1. The van der Waals surface area contributed by atoms with E-state index >= 15 is 0 Å². The summed E-state index contributed by atoms with van der Waals surface area (Å²) in [4.78, 5) is 19.5. The fraction of sp³-hybridized carbons (Fsp3) is 0.111. The van der Waals surface area contributed by atoms with Crippen molar-refractivity contribution in [3.8, 4) is 5.75 Å². The lowest BCUT2D eigenvalue weighted by molar-refractivity contribution is 0.103. The van der Waals surface area contributed by atoms with Crippen molar-refractivity contribution >= 4 is 22.9 Å². The highest BCUT2D eigenvalue weighted by Gasteiger charge is 2.07. The van der Waals surface area contributed by atoms with Crippen LogP contribution in [0.2, 0.25) is 0 Å². The molecule has 1 N–H and O–H groups in total. The molecule has 0 radical (unpaired) electrons. The Balaban J connectivity index is 1.75. The van der Waals surface area contributed by atoms with Crippen LogP contribution < -0.4 is 4.74 Å². The molecule has 0 unspecified atom stereocenters. The molecule has 4 nitrogen and oxygen atoms in total. The molecule has 0 fully saturated rings. The zero-order valence-corrected chi connectivity index (χ0v) is 12.2. The van der Waals surface area contributed by atoms with Gasteiger partial charge in [0.05, 0.1) is 17.6 Å². The van der Waals surface area contributed by atoms with E-state index < -0.39 is 0 Å². The van der Waals surface area contributed by atoms with E-state index in [0.29, 0.717) is 12.4 Å². The number of rotatable bonds is 5. The summed E-state index contributed by atoms with van der Waals surface area (Å²) in [5, 5.41) is 0. The minimum atomic E-state index is -0.148. The standard InChI is InChI=1S/C18H16N2O2/c1-2-22-14-10-7-13(8-11-14)9-12-17(21)18-19-15-5-3-4-6-16(15)20-18/h3-12H,2H2,1H3,(H,19,20). The fourth-order valence-corrected chi connectivity index (χ4v) is 2.16. The van der Waals surface area contributed by atoms with Gasteiger partial charge in [0.15, 0.2) is 5.82 Å². The largest absolute Gasteiger partial charge is 0.494 e. The summed E-state index contributed by atoms with van der Waals surface area (Å²) >= 11 is 0. The van der Waals surface area contributed by atoms with Gasteiger partial charge in [0, 0.05) is 0 Å². The van der Waals surface area contributed by atoms with Gasteiger partial charge in [-0.15, -0.1) is 0 Å². The summed E-state index contributed by atoms with van der Waals surface area (Å²) in [6, 6.07) is 15.2. The zero-order chi connectivity index (χ0) is 15.4. The number of carbonyl (C=O) groups excluding carboxylic acids is 1. The number of ether oxygens (including phenoxy) is 1. The smallest absolute Gasteiger partial charge is 0.221 e. The number of aromatic nitrogens is 2. The summed E-state index contributed by atoms with van der Waals surface area (Å²) in [6.45, 7) is 2.58. The molecule has 3 rings (SSSR count). The van der Waals surface area contributed by atoms with Gasteiger partial charge in [0.2, 0.25) is 5.78 Å². The molecule has 110 valence electrons. The molecule has 1 heterocycles. The SMILES string of the molecule is CCOc1ccc(C=CC(=O)c2nc3ccccc3[nH]2)cc1. The summed E-state index contributed by atoms with van der Waals surface area (Å²) in [7, 11) is 0. The molecule has 4 heteroatoms. The van der Waals surface area contributed by atoms with Gasteiger partial charge >= 0.3 is 0 Å². The van der Waals surface area contributed by atoms with Crippen molar-refractivity contribution in [2.75, 3.05) is 6.61 Å². The predicted octanol–water partition coefficient (Wildman–Crippen LogP) is 3.86. The van der Waals surface area contributed by atoms with E-state index in [1.54, 1.807) is 6.08 Å². The minimum Gasteiger partial charge on any atom is -0.494 e. The molecule has 0 aliphatic rings. The molecule has 0 aliphatic heterocycles. The number of ketones is 1. The van der Waals surface area contributed by atoms with Gasteiger partial charge in [-0.2, -0.15) is 0 Å². The molecule has 2 aromatic carbocycles. The van der Waals surface area contributed by atoms with Gasteiger partial charge in [-0.1, -0.05) is 30.3 Å². The van der Waals surface area contributed by atoms with Crippen LogP contribution in [0.15, 0.2) is 54.6 Å². The van der Waals surface area contributed by atoms with Crippen LogP contribution in [0.5, 0.6) is 5.75 Å². The van der Waals surface area contributed by atoms with Crippen molar-refractivity contribution in [1.29, 1.82) is 0 Å². The maximum Gasteiger partial charge on any atom is 0.221 e. The Morgan fingerprint density at radius 1 is 1.18 bits per heavy atom. The molecule has 3 aromatic rings. The van der Waals surface area contributed by atoms with E-state index in [4.69, 9.17) is 4.74 Å². The average molecular weight is 292 g/mol. The summed E-state index contributed by atoms with van der Waals surface area (Å²) in [6.07, 6.45) is 3.29. The average Bonchev–Trinajstić information content (AvgIpc) is 2.98. The van der Waals surface area contributed by atoms with Crippen LogP contribution in [0.4, 0.5) is 0 Å². The first-order chi connectivity index (χ1) is 10.8. The second-order valence-electron chi connectivity index (χ2n) is 4.80. The van der Waals surface area contributed by atoms with Gasteiger partial charge in [-0.3, -0.25) is 4.79 Å². The summed E-state index contributed by atoms with van der Waals surface area (Å²) in [5.41, 5.74) is 2.59. The second-order valence-corrected chi connectivity index (χ2v) is 4.80. The number of para-hydroxylation sites is 2. The molecule has 0 spiro atoms. The number of carbonyl (C=O) groups is 1. The van der Waals surface area contributed by atoms with E-state index in [1.165, 1.54) is 6.08 Å². The molecule has 1 aromatic heterocycles. The molecular weight excluding hydrogens is 276 g/mol. The fourth-order valence-electron chi connectivity index (χ4n) is 2.16. The van der Waals surface area contributed by atoms with Gasteiger partial charge in [0.25, 0.3) is 0 Å². The zero-order valence-electron chi connectivity index (χ0n) is 12.2. The summed E-state index contributed by atoms with van der Waals surface area (Å²) in [5.74, 6) is 1.02. The second kappa shape index (κ2) is 6.26. The highest BCUT2D eigenvalue weighted by molar-refractivity contribution is 6.05. The number of allylic oxidation sites excluding steroid dienone is 1. The molecule has 0 amide bonds. The molecule has 0 saturated heterocycles. The third-order valence-corrected chi connectivity index (χ3v) is 3.24. The van der Waals surface area contributed by atoms with E-state index in [-0.39, 0.29) is 5.78 Å². The number of imidazole rings is 1. The predicted molar refractivity (Wildman–Crippen MR) is 87.1 cm³/mol. The Bertz CT molecular complexity index is 783. The topological polar surface area (TPSA) is 55.0 Å². The van der Waals surface area contributed by atoms with Crippen molar-refractivity contribution < 1.29 is 9.53 Å². The van der Waals surface area contributed by atoms with Crippen LogP contribution in [-0.4, -0.2) is 22.4 Å². The molecule has 0 atom stereocenters. The van der Waals surface area contributed by atoms with E-state index in [9.17, 15) is 4.79 Å². The number of H-pyrrole nitrogens is 1. The van der Waals surface area contributed by atoms with Crippen molar-refractivity contribution in [2.24, 2.45) is 0 Å². The van der Waals surface area contributed by atoms with Crippen LogP contribution in [0, 0.1) is 0 Å². The van der Waals surface area contributed by atoms with Crippen molar-refractivity contribution in [1.82, 2.24) is 9.97 Å². The Hall–Kier alpha value is -2.88. The number of hydrogen-bond donors (Lipinski definition) is 1. The molecule has 22 heavy (non-hydrogen) atoms. The molecule has 0 saturated carbocycles. The number of benzene rings is 2. The lowest BCUT2D eigenvalue weighted by Crippen LogP contribution is -1.96. The Kier molecular flexibility index (Phi) is 4.01. The quantitative estimate of drug-likeness (QED) is 0.574. The lowest BCUT2D eigenvalue weighted by atomic mass is 10.2. The van der Waals surface area contributed by atoms with Crippen LogP contribution in [-0.2, 0) is 0 Å². The number of hydrogen-bond acceptors (Lipinski definition) is 3. The van der Waals surface area contributed by atoms with Crippen LogP contribution in [0.3, 0.4) is 0 Å². The third-order valence-electron chi connectivity index (χ3n) is 3.24. The van der Waals surface area contributed by atoms with Crippen molar-refractivity contribution in [2.45, 2.75) is 6.92 Å². The van der Waals surface area contributed by atoms with Gasteiger partial charge < -0.3 is 9.72 Å². The lowest BCUT2D eigenvalue weighted by Gasteiger charge is -2.01. The Morgan fingerprint density at radius 2 is 1.95 bits per heavy atom. The molecule has 0 aliphatic carbocycles. The van der Waals surface area contributed by atoms with Crippen molar-refractivity contribution in [3.63, 3.8) is 0 Å². The molecule has 0 bridgehead atoms. The number of fused-ring (bicyclic) bond motifs is 1. The highest BCUT2D eigenvalue weighted by Crippen LogP contribution is 2.14. The maximum atomic E-state index is 12.2. The van der Waals surface area contributed by atoms with Crippen LogP contribution in [0.1, 0.15) is 23.1 Å². The van der Waals surface area contributed by atoms with Crippen LogP contribution in [0.25, 0.3) is 17.1 Å². The van der Waals surface area contributed by atoms with E-state index in [1.807, 2.05) is 55.5 Å². The number of aromatic amines is 1.